The highest BCUT2D eigenvalue weighted by Gasteiger charge is 2.17. The van der Waals surface area contributed by atoms with Gasteiger partial charge in [-0.2, -0.15) is 9.97 Å². The molecule has 31 heavy (non-hydrogen) atoms. The van der Waals surface area contributed by atoms with Gasteiger partial charge in [-0.25, -0.2) is 4.79 Å². The molecule has 0 aliphatic rings. The quantitative estimate of drug-likeness (QED) is 0.393. The fourth-order valence-electron chi connectivity index (χ4n) is 3.39. The number of aromatic nitrogens is 7. The van der Waals surface area contributed by atoms with Gasteiger partial charge in [0.1, 0.15) is 0 Å². The molecule has 4 aromatic rings. The molecule has 1 N–H and O–H groups in total. The fraction of sp³-hybridized carbons (Fsp3) is 0.400. The average Bonchev–Trinajstić information content (AvgIpc) is 3.37. The number of fused-ring (bicyclic) bond motifs is 1. The van der Waals surface area contributed by atoms with E-state index in [0.29, 0.717) is 43.2 Å². The maximum absolute atomic E-state index is 12.9. The van der Waals surface area contributed by atoms with Gasteiger partial charge in [-0.15, -0.1) is 0 Å². The molecular weight excluding hydrogens is 422 g/mol. The topological polar surface area (TPSA) is 124 Å². The van der Waals surface area contributed by atoms with E-state index in [2.05, 4.69) is 25.1 Å². The molecule has 0 atom stereocenters. The van der Waals surface area contributed by atoms with Crippen molar-refractivity contribution in [2.24, 2.45) is 0 Å². The first-order chi connectivity index (χ1) is 15.1. The largest absolute Gasteiger partial charge is 0.339 e. The summed E-state index contributed by atoms with van der Waals surface area (Å²) in [5, 5.41) is 4.07. The first kappa shape index (κ1) is 21.0. The summed E-state index contributed by atoms with van der Waals surface area (Å²) in [6.45, 7) is 2.72. The molecular formula is C20H22ClN7O3. The number of aromatic amines is 1. The number of hydrogen-bond acceptors (Lipinski definition) is 7. The Morgan fingerprint density at radius 2 is 2.00 bits per heavy atom. The van der Waals surface area contributed by atoms with E-state index in [0.717, 1.165) is 18.4 Å². The lowest BCUT2D eigenvalue weighted by atomic mass is 10.2. The van der Waals surface area contributed by atoms with Crippen LogP contribution in [0.4, 0.5) is 0 Å². The van der Waals surface area contributed by atoms with Gasteiger partial charge in [0.05, 0.1) is 0 Å². The van der Waals surface area contributed by atoms with Crippen molar-refractivity contribution in [2.75, 3.05) is 0 Å². The van der Waals surface area contributed by atoms with Gasteiger partial charge in [0, 0.05) is 38.3 Å². The second kappa shape index (κ2) is 9.25. The highest BCUT2D eigenvalue weighted by Crippen LogP contribution is 2.11. The molecule has 0 amide bonds. The van der Waals surface area contributed by atoms with E-state index < -0.39 is 11.2 Å². The first-order valence-corrected chi connectivity index (χ1v) is 10.5. The molecule has 4 rings (SSSR count). The van der Waals surface area contributed by atoms with Gasteiger partial charge in [0.15, 0.2) is 17.0 Å². The van der Waals surface area contributed by atoms with E-state index >= 15 is 0 Å². The summed E-state index contributed by atoms with van der Waals surface area (Å²) in [6.07, 6.45) is 6.62. The van der Waals surface area contributed by atoms with E-state index in [9.17, 15) is 9.59 Å². The molecule has 4 heterocycles. The molecule has 0 fully saturated rings. The van der Waals surface area contributed by atoms with Crippen LogP contribution in [-0.2, 0) is 25.9 Å². The highest BCUT2D eigenvalue weighted by molar-refractivity contribution is 6.28. The van der Waals surface area contributed by atoms with E-state index in [4.69, 9.17) is 16.1 Å². The number of unbranched alkanes of at least 4 members (excludes halogenated alkanes) is 1. The number of nitrogens with zero attached hydrogens (tertiary/aromatic N) is 6. The molecule has 0 aromatic carbocycles. The first-order valence-electron chi connectivity index (χ1n) is 10.2. The van der Waals surface area contributed by atoms with E-state index in [1.54, 1.807) is 12.4 Å². The van der Waals surface area contributed by atoms with Gasteiger partial charge in [0.25, 0.3) is 5.56 Å². The Morgan fingerprint density at radius 3 is 2.77 bits per heavy atom. The highest BCUT2D eigenvalue weighted by atomic mass is 35.5. The number of H-pyrrole nitrogens is 1. The van der Waals surface area contributed by atoms with Gasteiger partial charge in [-0.1, -0.05) is 24.6 Å². The van der Waals surface area contributed by atoms with E-state index in [1.807, 2.05) is 19.1 Å². The molecule has 11 heteroatoms. The van der Waals surface area contributed by atoms with Crippen molar-refractivity contribution in [1.82, 2.24) is 34.2 Å². The monoisotopic (exact) mass is 443 g/mol. The second-order valence-corrected chi connectivity index (χ2v) is 7.57. The number of halogens is 1. The zero-order valence-electron chi connectivity index (χ0n) is 17.0. The molecule has 10 nitrogen and oxygen atoms in total. The minimum Gasteiger partial charge on any atom is -0.339 e. The number of imidazole rings is 1. The molecule has 0 unspecified atom stereocenters. The maximum atomic E-state index is 12.9. The molecule has 0 aliphatic heterocycles. The van der Waals surface area contributed by atoms with Crippen molar-refractivity contribution in [2.45, 2.75) is 52.1 Å². The van der Waals surface area contributed by atoms with Gasteiger partial charge in [-0.05, 0) is 36.1 Å². The Balaban J connectivity index is 1.49. The predicted octanol–water partition coefficient (Wildman–Crippen LogP) is 2.34. The molecule has 0 saturated heterocycles. The van der Waals surface area contributed by atoms with Crippen molar-refractivity contribution in [3.8, 4) is 0 Å². The van der Waals surface area contributed by atoms with Crippen LogP contribution in [0.25, 0.3) is 11.2 Å². The zero-order valence-corrected chi connectivity index (χ0v) is 17.8. The van der Waals surface area contributed by atoms with E-state index in [1.165, 1.54) is 9.13 Å². The van der Waals surface area contributed by atoms with Crippen LogP contribution >= 0.6 is 11.6 Å². The number of nitrogens with one attached hydrogen (secondary N) is 1. The van der Waals surface area contributed by atoms with Crippen LogP contribution in [-0.4, -0.2) is 34.2 Å². The number of rotatable bonds is 9. The SMILES string of the molecule is CCCCn1c(=O)n(CCCc2nc(Cc3cccnc3)no2)c(=O)c2[nH]c(Cl)nc21. The summed E-state index contributed by atoms with van der Waals surface area (Å²) in [4.78, 5) is 41.1. The molecule has 0 radical (unpaired) electrons. The maximum Gasteiger partial charge on any atom is 0.332 e. The summed E-state index contributed by atoms with van der Waals surface area (Å²) in [7, 11) is 0. The summed E-state index contributed by atoms with van der Waals surface area (Å²) < 4.78 is 8.01. The molecule has 0 spiro atoms. The molecule has 4 aromatic heterocycles. The van der Waals surface area contributed by atoms with Crippen molar-refractivity contribution in [3.05, 3.63) is 67.9 Å². The Morgan fingerprint density at radius 1 is 1.16 bits per heavy atom. The lowest BCUT2D eigenvalue weighted by molar-refractivity contribution is 0.367. The lowest BCUT2D eigenvalue weighted by Gasteiger charge is -2.10. The third-order valence-electron chi connectivity index (χ3n) is 4.94. The normalized spacial score (nSPS) is 11.4. The molecule has 0 aliphatic carbocycles. The van der Waals surface area contributed by atoms with Crippen LogP contribution in [0, 0.1) is 0 Å². The van der Waals surface area contributed by atoms with Crippen molar-refractivity contribution < 1.29 is 4.52 Å². The minimum atomic E-state index is -0.435. The number of hydrogen-bond donors (Lipinski definition) is 1. The van der Waals surface area contributed by atoms with Crippen LogP contribution in [0.3, 0.4) is 0 Å². The van der Waals surface area contributed by atoms with Crippen LogP contribution in [0.2, 0.25) is 5.28 Å². The van der Waals surface area contributed by atoms with Crippen molar-refractivity contribution >= 4 is 22.8 Å². The lowest BCUT2D eigenvalue weighted by Crippen LogP contribution is -2.40. The Labute approximate surface area is 181 Å². The summed E-state index contributed by atoms with van der Waals surface area (Å²) in [6, 6.07) is 3.79. The van der Waals surface area contributed by atoms with E-state index in [-0.39, 0.29) is 17.3 Å². The molecule has 0 bridgehead atoms. The molecule has 162 valence electrons. The van der Waals surface area contributed by atoms with Gasteiger partial charge in [-0.3, -0.25) is 18.9 Å². The standard InChI is InChI=1S/C20H22ClN7O3/c1-2-3-9-27-17-16(24-19(21)25-17)18(29)28(20(27)30)10-5-7-15-23-14(26-31-15)11-13-6-4-8-22-12-13/h4,6,8,12H,2-3,5,7,9-11H2,1H3,(H,24,25). The van der Waals surface area contributed by atoms with Gasteiger partial charge < -0.3 is 9.51 Å². The van der Waals surface area contributed by atoms with Crippen LogP contribution < -0.4 is 11.2 Å². The third kappa shape index (κ3) is 4.58. The van der Waals surface area contributed by atoms with Crippen molar-refractivity contribution in [3.63, 3.8) is 0 Å². The third-order valence-corrected chi connectivity index (χ3v) is 5.11. The van der Waals surface area contributed by atoms with Crippen LogP contribution in [0.1, 0.15) is 43.5 Å². The van der Waals surface area contributed by atoms with Crippen LogP contribution in [0.5, 0.6) is 0 Å². The van der Waals surface area contributed by atoms with Crippen LogP contribution in [0.15, 0.2) is 38.6 Å². The number of pyridine rings is 1. The zero-order chi connectivity index (χ0) is 21.8. The minimum absolute atomic E-state index is 0.0847. The van der Waals surface area contributed by atoms with Gasteiger partial charge >= 0.3 is 5.69 Å². The smallest absolute Gasteiger partial charge is 0.332 e. The summed E-state index contributed by atoms with van der Waals surface area (Å²) in [5.74, 6) is 1.03. The second-order valence-electron chi connectivity index (χ2n) is 7.22. The van der Waals surface area contributed by atoms with Gasteiger partial charge in [0.2, 0.25) is 11.2 Å². The Kier molecular flexibility index (Phi) is 6.26. The Hall–Kier alpha value is -3.27. The fourth-order valence-corrected chi connectivity index (χ4v) is 3.57. The Bertz CT molecular complexity index is 1290. The number of aryl methyl sites for hydroxylation is 2. The molecule has 0 saturated carbocycles. The van der Waals surface area contributed by atoms with Crippen molar-refractivity contribution in [1.29, 1.82) is 0 Å². The predicted molar refractivity (Wildman–Crippen MR) is 114 cm³/mol. The summed E-state index contributed by atoms with van der Waals surface area (Å²) in [5.41, 5.74) is 0.686. The summed E-state index contributed by atoms with van der Waals surface area (Å²) >= 11 is 5.95. The average molecular weight is 444 g/mol.